The third-order valence-corrected chi connectivity index (χ3v) is 3.20. The van der Waals surface area contributed by atoms with E-state index in [-0.39, 0.29) is 17.9 Å². The second-order valence-corrected chi connectivity index (χ2v) is 6.18. The first-order valence-corrected chi connectivity index (χ1v) is 6.47. The van der Waals surface area contributed by atoms with Crippen molar-refractivity contribution in [2.24, 2.45) is 11.3 Å². The predicted octanol–water partition coefficient (Wildman–Crippen LogP) is 0.424. The van der Waals surface area contributed by atoms with Gasteiger partial charge >= 0.3 is 0 Å². The molecule has 1 fully saturated rings. The number of rotatable bonds is 4. The molecule has 0 radical (unpaired) electrons. The number of hydrogen-bond donors (Lipinski definition) is 3. The average molecular weight is 256 g/mol. The van der Waals surface area contributed by atoms with Gasteiger partial charge in [-0.3, -0.25) is 9.59 Å². The lowest BCUT2D eigenvalue weighted by molar-refractivity contribution is -0.133. The standard InChI is InChI=1S/C13H24N2O3/c1-8(15-12(18)13(2,3)4)11(17)14-7-9-5-10(16)6-9/h8-10,16H,5-7H2,1-4H3,(H,14,17)(H,15,18). The SMILES string of the molecule is CC(NC(=O)C(C)(C)C)C(=O)NCC1CC(O)C1. The molecule has 3 N–H and O–H groups in total. The number of nitrogens with one attached hydrogen (secondary N) is 2. The van der Waals surface area contributed by atoms with Crippen LogP contribution in [0, 0.1) is 11.3 Å². The fraction of sp³-hybridized carbons (Fsp3) is 0.846. The van der Waals surface area contributed by atoms with Crippen LogP contribution in [-0.2, 0) is 9.59 Å². The van der Waals surface area contributed by atoms with E-state index in [0.717, 1.165) is 12.8 Å². The highest BCUT2D eigenvalue weighted by Crippen LogP contribution is 2.26. The van der Waals surface area contributed by atoms with Crippen LogP contribution in [0.2, 0.25) is 0 Å². The smallest absolute Gasteiger partial charge is 0.242 e. The lowest BCUT2D eigenvalue weighted by atomic mass is 9.82. The number of carbonyl (C=O) groups excluding carboxylic acids is 2. The molecule has 2 amide bonds. The van der Waals surface area contributed by atoms with E-state index in [2.05, 4.69) is 10.6 Å². The van der Waals surface area contributed by atoms with Crippen molar-refractivity contribution < 1.29 is 14.7 Å². The second kappa shape index (κ2) is 5.69. The molecule has 0 saturated heterocycles. The zero-order valence-electron chi connectivity index (χ0n) is 11.6. The van der Waals surface area contributed by atoms with E-state index in [4.69, 9.17) is 5.11 Å². The van der Waals surface area contributed by atoms with Gasteiger partial charge in [-0.25, -0.2) is 0 Å². The van der Waals surface area contributed by atoms with Crippen molar-refractivity contribution in [1.82, 2.24) is 10.6 Å². The molecule has 0 aliphatic heterocycles. The molecule has 1 aliphatic carbocycles. The Balaban J connectivity index is 2.26. The van der Waals surface area contributed by atoms with Crippen LogP contribution in [0.5, 0.6) is 0 Å². The second-order valence-electron chi connectivity index (χ2n) is 6.18. The van der Waals surface area contributed by atoms with E-state index in [1.165, 1.54) is 0 Å². The molecular formula is C13H24N2O3. The Labute approximate surface area is 108 Å². The molecule has 0 heterocycles. The monoisotopic (exact) mass is 256 g/mol. The van der Waals surface area contributed by atoms with Gasteiger partial charge in [0, 0.05) is 12.0 Å². The van der Waals surface area contributed by atoms with Gasteiger partial charge in [0.25, 0.3) is 0 Å². The summed E-state index contributed by atoms with van der Waals surface area (Å²) < 4.78 is 0. The van der Waals surface area contributed by atoms with Crippen LogP contribution in [0.25, 0.3) is 0 Å². The van der Waals surface area contributed by atoms with E-state index in [0.29, 0.717) is 12.5 Å². The van der Waals surface area contributed by atoms with Gasteiger partial charge in [-0.2, -0.15) is 0 Å². The van der Waals surface area contributed by atoms with Gasteiger partial charge < -0.3 is 15.7 Å². The molecule has 0 bridgehead atoms. The van der Waals surface area contributed by atoms with Crippen molar-refractivity contribution in [2.45, 2.75) is 52.7 Å². The minimum Gasteiger partial charge on any atom is -0.393 e. The Hall–Kier alpha value is -1.10. The summed E-state index contributed by atoms with van der Waals surface area (Å²) in [6.45, 7) is 7.67. The van der Waals surface area contributed by atoms with Gasteiger partial charge in [-0.15, -0.1) is 0 Å². The van der Waals surface area contributed by atoms with Gasteiger partial charge in [-0.1, -0.05) is 20.8 Å². The van der Waals surface area contributed by atoms with Crippen LogP contribution in [-0.4, -0.2) is 35.6 Å². The Morgan fingerprint density at radius 1 is 1.33 bits per heavy atom. The largest absolute Gasteiger partial charge is 0.393 e. The lowest BCUT2D eigenvalue weighted by Crippen LogP contribution is -2.49. The van der Waals surface area contributed by atoms with Crippen LogP contribution in [0.1, 0.15) is 40.5 Å². The molecule has 0 aromatic heterocycles. The summed E-state index contributed by atoms with van der Waals surface area (Å²) in [6.07, 6.45) is 1.30. The van der Waals surface area contributed by atoms with Gasteiger partial charge in [0.05, 0.1) is 6.10 Å². The number of hydrogen-bond acceptors (Lipinski definition) is 3. The van der Waals surface area contributed by atoms with Gasteiger partial charge in [-0.05, 0) is 25.7 Å². The number of aliphatic hydroxyl groups is 1. The van der Waals surface area contributed by atoms with Crippen LogP contribution >= 0.6 is 0 Å². The Morgan fingerprint density at radius 2 is 1.89 bits per heavy atom. The molecule has 5 nitrogen and oxygen atoms in total. The molecule has 5 heteroatoms. The minimum atomic E-state index is -0.526. The molecule has 1 saturated carbocycles. The summed E-state index contributed by atoms with van der Waals surface area (Å²) in [6, 6.07) is -0.526. The van der Waals surface area contributed by atoms with Crippen molar-refractivity contribution in [3.63, 3.8) is 0 Å². The minimum absolute atomic E-state index is 0.135. The fourth-order valence-electron chi connectivity index (χ4n) is 1.74. The number of aliphatic hydroxyl groups excluding tert-OH is 1. The van der Waals surface area contributed by atoms with Crippen molar-refractivity contribution in [1.29, 1.82) is 0 Å². The summed E-state index contributed by atoms with van der Waals surface area (Å²) in [5.41, 5.74) is -0.493. The average Bonchev–Trinajstić information content (AvgIpc) is 2.20. The molecule has 0 aromatic carbocycles. The molecular weight excluding hydrogens is 232 g/mol. The van der Waals surface area contributed by atoms with Gasteiger partial charge in [0.1, 0.15) is 6.04 Å². The van der Waals surface area contributed by atoms with E-state index >= 15 is 0 Å². The van der Waals surface area contributed by atoms with Gasteiger partial charge in [0.15, 0.2) is 0 Å². The van der Waals surface area contributed by atoms with Gasteiger partial charge in [0.2, 0.25) is 11.8 Å². The maximum atomic E-state index is 11.7. The van der Waals surface area contributed by atoms with E-state index in [1.807, 2.05) is 20.8 Å². The van der Waals surface area contributed by atoms with Crippen molar-refractivity contribution in [3.05, 3.63) is 0 Å². The van der Waals surface area contributed by atoms with Crippen LogP contribution < -0.4 is 10.6 Å². The zero-order chi connectivity index (χ0) is 13.9. The summed E-state index contributed by atoms with van der Waals surface area (Å²) in [7, 11) is 0. The summed E-state index contributed by atoms with van der Waals surface area (Å²) >= 11 is 0. The molecule has 0 spiro atoms. The van der Waals surface area contributed by atoms with E-state index < -0.39 is 11.5 Å². The van der Waals surface area contributed by atoms with Crippen LogP contribution in [0.4, 0.5) is 0 Å². The van der Waals surface area contributed by atoms with Crippen LogP contribution in [0.3, 0.4) is 0 Å². The molecule has 1 aliphatic rings. The van der Waals surface area contributed by atoms with Crippen molar-refractivity contribution >= 4 is 11.8 Å². The molecule has 1 rings (SSSR count). The third-order valence-electron chi connectivity index (χ3n) is 3.20. The Morgan fingerprint density at radius 3 is 2.33 bits per heavy atom. The summed E-state index contributed by atoms with van der Waals surface area (Å²) in [5, 5.41) is 14.6. The molecule has 1 unspecified atom stereocenters. The number of amides is 2. The normalized spacial score (nSPS) is 24.9. The topological polar surface area (TPSA) is 78.4 Å². The van der Waals surface area contributed by atoms with E-state index in [1.54, 1.807) is 6.92 Å². The Kier molecular flexibility index (Phi) is 4.73. The first-order chi connectivity index (χ1) is 8.20. The summed E-state index contributed by atoms with van der Waals surface area (Å²) in [5.74, 6) is 0.0627. The molecule has 18 heavy (non-hydrogen) atoms. The molecule has 0 aromatic rings. The van der Waals surface area contributed by atoms with Crippen molar-refractivity contribution in [3.8, 4) is 0 Å². The van der Waals surface area contributed by atoms with Crippen molar-refractivity contribution in [2.75, 3.05) is 6.54 Å². The zero-order valence-corrected chi connectivity index (χ0v) is 11.6. The maximum Gasteiger partial charge on any atom is 0.242 e. The predicted molar refractivity (Wildman–Crippen MR) is 68.8 cm³/mol. The quantitative estimate of drug-likeness (QED) is 0.682. The Bertz CT molecular complexity index is 317. The fourth-order valence-corrected chi connectivity index (χ4v) is 1.74. The molecule has 1 atom stereocenters. The third kappa shape index (κ3) is 4.29. The first kappa shape index (κ1) is 15.0. The van der Waals surface area contributed by atoms with Crippen LogP contribution in [0.15, 0.2) is 0 Å². The maximum absolute atomic E-state index is 11.7. The highest BCUT2D eigenvalue weighted by molar-refractivity contribution is 5.89. The highest BCUT2D eigenvalue weighted by Gasteiger charge is 2.29. The van der Waals surface area contributed by atoms with E-state index in [9.17, 15) is 9.59 Å². The number of carbonyl (C=O) groups is 2. The lowest BCUT2D eigenvalue weighted by Gasteiger charge is -2.31. The highest BCUT2D eigenvalue weighted by atomic mass is 16.3. The molecule has 104 valence electrons. The first-order valence-electron chi connectivity index (χ1n) is 6.47. The summed E-state index contributed by atoms with van der Waals surface area (Å²) in [4.78, 5) is 23.4.